The Bertz CT molecular complexity index is 435. The van der Waals surface area contributed by atoms with Gasteiger partial charge in [-0.3, -0.25) is 0 Å². The minimum absolute atomic E-state index is 0.970. The van der Waals surface area contributed by atoms with Crippen LogP contribution in [0.1, 0.15) is 10.7 Å². The van der Waals surface area contributed by atoms with E-state index in [1.807, 2.05) is 13.8 Å². The van der Waals surface area contributed by atoms with E-state index in [0.29, 0.717) is 0 Å². The third-order valence-corrected chi connectivity index (χ3v) is 4.31. The van der Waals surface area contributed by atoms with Gasteiger partial charge in [-0.15, -0.1) is 21.5 Å². The van der Waals surface area contributed by atoms with Gasteiger partial charge in [0, 0.05) is 0 Å². The van der Waals surface area contributed by atoms with E-state index in [-0.39, 0.29) is 0 Å². The predicted molar refractivity (Wildman–Crippen MR) is 63.2 cm³/mol. The molecule has 6 heteroatoms. The molecule has 0 saturated carbocycles. The molecule has 3 nitrogen and oxygen atoms in total. The number of thiazole rings is 1. The van der Waals surface area contributed by atoms with E-state index in [0.717, 1.165) is 23.6 Å². The molecule has 0 aliphatic carbocycles. The monoisotopic (exact) mass is 323 g/mol. The minimum Gasteiger partial charge on any atom is -0.246 e. The fourth-order valence-electron chi connectivity index (χ4n) is 1.03. The maximum atomic E-state index is 4.35. The molecule has 0 unspecified atom stereocenters. The highest BCUT2D eigenvalue weighted by Gasteiger charge is 2.11. The first kappa shape index (κ1) is 9.47. The maximum Gasteiger partial charge on any atom is 0.178 e. The number of nitrogens with zero attached hydrogens (tertiary/aromatic N) is 3. The van der Waals surface area contributed by atoms with Crippen LogP contribution in [0.4, 0.5) is 0 Å². The van der Waals surface area contributed by atoms with Crippen molar-refractivity contribution in [1.82, 2.24) is 15.2 Å². The summed E-state index contributed by atoms with van der Waals surface area (Å²) < 4.78 is 0.970. The Morgan fingerprint density at radius 3 is 2.38 bits per heavy atom. The highest BCUT2D eigenvalue weighted by Crippen LogP contribution is 2.31. The summed E-state index contributed by atoms with van der Waals surface area (Å²) in [6.07, 6.45) is 0. The van der Waals surface area contributed by atoms with Crippen molar-refractivity contribution in [2.24, 2.45) is 0 Å². The average Bonchev–Trinajstić information content (AvgIpc) is 2.58. The second kappa shape index (κ2) is 3.58. The average molecular weight is 323 g/mol. The van der Waals surface area contributed by atoms with Crippen LogP contribution in [0.3, 0.4) is 0 Å². The molecule has 0 atom stereocenters. The summed E-state index contributed by atoms with van der Waals surface area (Å²) >= 11 is 5.45. The van der Waals surface area contributed by atoms with Crippen molar-refractivity contribution in [2.45, 2.75) is 13.8 Å². The van der Waals surface area contributed by atoms with Gasteiger partial charge in [0.2, 0.25) is 0 Å². The maximum absolute atomic E-state index is 4.35. The Labute approximate surface area is 97.4 Å². The Morgan fingerprint density at radius 1 is 1.15 bits per heavy atom. The standard InChI is InChI=1S/C7H6IN3S2/c1-3-5(12-4(2)9-3)6-10-11-7(8)13-6/h1-2H3. The van der Waals surface area contributed by atoms with Crippen LogP contribution >= 0.6 is 45.3 Å². The van der Waals surface area contributed by atoms with Gasteiger partial charge in [0.15, 0.2) is 8.02 Å². The van der Waals surface area contributed by atoms with Crippen LogP contribution in [0, 0.1) is 16.9 Å². The lowest BCUT2D eigenvalue weighted by molar-refractivity contribution is 1.07. The van der Waals surface area contributed by atoms with E-state index in [1.54, 1.807) is 22.7 Å². The molecule has 0 amide bonds. The van der Waals surface area contributed by atoms with Gasteiger partial charge in [-0.2, -0.15) is 0 Å². The topological polar surface area (TPSA) is 38.7 Å². The quantitative estimate of drug-likeness (QED) is 0.758. The molecular formula is C7H6IN3S2. The molecule has 2 rings (SSSR count). The fraction of sp³-hybridized carbons (Fsp3) is 0.286. The van der Waals surface area contributed by atoms with Gasteiger partial charge in [0.1, 0.15) is 0 Å². The van der Waals surface area contributed by atoms with E-state index in [9.17, 15) is 0 Å². The normalized spacial score (nSPS) is 10.7. The summed E-state index contributed by atoms with van der Waals surface area (Å²) in [5.41, 5.74) is 1.05. The molecule has 0 aliphatic heterocycles. The van der Waals surface area contributed by atoms with E-state index >= 15 is 0 Å². The second-order valence-corrected chi connectivity index (χ2v) is 6.44. The van der Waals surface area contributed by atoms with Crippen LogP contribution < -0.4 is 0 Å². The van der Waals surface area contributed by atoms with Crippen LogP contribution in [0.2, 0.25) is 0 Å². The lowest BCUT2D eigenvalue weighted by Gasteiger charge is -1.87. The summed E-state index contributed by atoms with van der Waals surface area (Å²) in [6.45, 7) is 4.01. The lowest BCUT2D eigenvalue weighted by atomic mass is 10.4. The number of rotatable bonds is 1. The zero-order valence-corrected chi connectivity index (χ0v) is 10.8. The molecule has 0 aromatic carbocycles. The first-order valence-electron chi connectivity index (χ1n) is 3.60. The molecule has 0 saturated heterocycles. The zero-order valence-electron chi connectivity index (χ0n) is 7.04. The van der Waals surface area contributed by atoms with Crippen molar-refractivity contribution in [3.63, 3.8) is 0 Å². The van der Waals surface area contributed by atoms with Crippen molar-refractivity contribution in [3.05, 3.63) is 13.7 Å². The molecule has 68 valence electrons. The fourth-order valence-corrected chi connectivity index (χ4v) is 3.37. The Morgan fingerprint density at radius 2 is 1.92 bits per heavy atom. The molecule has 2 aromatic rings. The molecule has 2 heterocycles. The van der Waals surface area contributed by atoms with Crippen LogP contribution in [-0.2, 0) is 0 Å². The van der Waals surface area contributed by atoms with Crippen molar-refractivity contribution < 1.29 is 0 Å². The van der Waals surface area contributed by atoms with Crippen molar-refractivity contribution in [1.29, 1.82) is 0 Å². The molecular weight excluding hydrogens is 317 g/mol. The summed E-state index contributed by atoms with van der Waals surface area (Å²) in [6, 6.07) is 0. The first-order chi connectivity index (χ1) is 6.16. The Balaban J connectivity index is 2.51. The molecule has 0 bridgehead atoms. The second-order valence-electron chi connectivity index (χ2n) is 2.51. The van der Waals surface area contributed by atoms with E-state index in [2.05, 4.69) is 37.8 Å². The Kier molecular flexibility index (Phi) is 2.61. The van der Waals surface area contributed by atoms with E-state index in [1.165, 1.54) is 0 Å². The smallest absolute Gasteiger partial charge is 0.178 e. The molecule has 0 aliphatic rings. The molecule has 2 aromatic heterocycles. The zero-order chi connectivity index (χ0) is 9.42. The summed E-state index contributed by atoms with van der Waals surface area (Å²) in [7, 11) is 0. The van der Waals surface area contributed by atoms with Crippen LogP contribution in [-0.4, -0.2) is 15.2 Å². The largest absolute Gasteiger partial charge is 0.246 e. The molecule has 13 heavy (non-hydrogen) atoms. The van der Waals surface area contributed by atoms with Gasteiger partial charge < -0.3 is 0 Å². The summed E-state index contributed by atoms with van der Waals surface area (Å²) in [4.78, 5) is 5.50. The molecule has 0 radical (unpaired) electrons. The van der Waals surface area contributed by atoms with E-state index < -0.39 is 0 Å². The highest BCUT2D eigenvalue weighted by molar-refractivity contribution is 14.1. The summed E-state index contributed by atoms with van der Waals surface area (Å²) in [5.74, 6) is 0. The lowest BCUT2D eigenvalue weighted by Crippen LogP contribution is -1.76. The Hall–Kier alpha value is -0.0800. The van der Waals surface area contributed by atoms with Crippen molar-refractivity contribution >= 4 is 45.3 Å². The van der Waals surface area contributed by atoms with Gasteiger partial charge in [-0.05, 0) is 36.4 Å². The molecule has 0 N–H and O–H groups in total. The van der Waals surface area contributed by atoms with Crippen LogP contribution in [0.5, 0.6) is 0 Å². The number of aromatic nitrogens is 3. The van der Waals surface area contributed by atoms with Crippen LogP contribution in [0.15, 0.2) is 0 Å². The summed E-state index contributed by atoms with van der Waals surface area (Å²) in [5, 5.41) is 10.1. The number of aryl methyl sites for hydroxylation is 2. The van der Waals surface area contributed by atoms with Gasteiger partial charge >= 0.3 is 0 Å². The number of hydrogen-bond donors (Lipinski definition) is 0. The number of hydrogen-bond acceptors (Lipinski definition) is 5. The third-order valence-electron chi connectivity index (χ3n) is 1.50. The van der Waals surface area contributed by atoms with Gasteiger partial charge in [-0.1, -0.05) is 11.3 Å². The molecule has 0 spiro atoms. The van der Waals surface area contributed by atoms with Gasteiger partial charge in [0.25, 0.3) is 0 Å². The SMILES string of the molecule is Cc1nc(C)c(-c2nnc(I)s2)s1. The predicted octanol–water partition coefficient (Wildman–Crippen LogP) is 2.88. The van der Waals surface area contributed by atoms with Crippen molar-refractivity contribution in [2.75, 3.05) is 0 Å². The van der Waals surface area contributed by atoms with Gasteiger partial charge in [0.05, 0.1) is 15.6 Å². The van der Waals surface area contributed by atoms with E-state index in [4.69, 9.17) is 0 Å². The number of halogens is 1. The first-order valence-corrected chi connectivity index (χ1v) is 6.31. The highest BCUT2D eigenvalue weighted by atomic mass is 127. The van der Waals surface area contributed by atoms with Crippen molar-refractivity contribution in [3.8, 4) is 9.88 Å². The van der Waals surface area contributed by atoms with Crippen LogP contribution in [0.25, 0.3) is 9.88 Å². The third kappa shape index (κ3) is 1.89. The van der Waals surface area contributed by atoms with Gasteiger partial charge in [-0.25, -0.2) is 4.98 Å². The minimum atomic E-state index is 0.970. The molecule has 0 fully saturated rings.